The maximum absolute atomic E-state index is 12.9. The summed E-state index contributed by atoms with van der Waals surface area (Å²) in [5.74, 6) is 1.62. The molecule has 5 aliphatic heterocycles. The predicted octanol–water partition coefficient (Wildman–Crippen LogP) is 14.7. The number of hydrogen-bond acceptors (Lipinski definition) is 12. The number of rotatable bonds is 6. The standard InChI is InChI=1S/C29H38BN3O4.C23H26BrN3O2.C12H24B2O4/c1-27(2,3)35-26(34)33-15-9-8-10-24(33)25-31-18-23(32-25)21-12-11-20-17-22(14-13-19(20)16-21)30-36-28(4,5)29(6,7)37-30;1-23(2,3)29-22(28)27-11-5-4-6-20(27)21-25-14-19(26-21)17-8-7-16-13-18(24)10-9-15(16)12-17;1-9(2)10(3,4)16-13(15-9)14-17-11(5,6)12(7,8)18-14/h11-14,16-18,24H,8-10,15H2,1-7H3,(H,31,32);7-10,12-14,20H,4-6,11H2,1-3H3,(H,25,26);1-8H3/t24-;20-;/m00./s1. The Morgan fingerprint density at radius 1 is 0.512 bits per heavy atom. The zero-order valence-electron chi connectivity index (χ0n) is 52.9. The molecule has 16 nitrogen and oxygen atoms in total. The number of fused-ring (bicyclic) bond motifs is 2. The first kappa shape index (κ1) is 63.3. The van der Waals surface area contributed by atoms with Gasteiger partial charge in [0.15, 0.2) is 0 Å². The van der Waals surface area contributed by atoms with Crippen molar-refractivity contribution in [3.05, 3.63) is 101 Å². The van der Waals surface area contributed by atoms with E-state index in [4.69, 9.17) is 37.4 Å². The summed E-state index contributed by atoms with van der Waals surface area (Å²) in [6, 6.07) is 25.1. The van der Waals surface area contributed by atoms with Crippen molar-refractivity contribution in [2.75, 3.05) is 13.1 Å². The average molecular weight is 1210 g/mol. The predicted molar refractivity (Wildman–Crippen MR) is 338 cm³/mol. The van der Waals surface area contributed by atoms with Gasteiger partial charge in [0, 0.05) is 28.7 Å². The molecule has 5 aliphatic rings. The fourth-order valence-corrected chi connectivity index (χ4v) is 11.1. The van der Waals surface area contributed by atoms with E-state index < -0.39 is 25.2 Å². The Labute approximate surface area is 507 Å². The summed E-state index contributed by atoms with van der Waals surface area (Å²) in [4.78, 5) is 45.4. The number of amides is 2. The first-order valence-electron chi connectivity index (χ1n) is 29.9. The highest BCUT2D eigenvalue weighted by Crippen LogP contribution is 2.44. The molecule has 0 saturated carbocycles. The summed E-state index contributed by atoms with van der Waals surface area (Å²) in [7, 11) is -1.33. The van der Waals surface area contributed by atoms with E-state index in [2.05, 4.69) is 130 Å². The van der Waals surface area contributed by atoms with E-state index in [-0.39, 0.29) is 65.0 Å². The van der Waals surface area contributed by atoms with Crippen LogP contribution in [0.1, 0.15) is 187 Å². The van der Waals surface area contributed by atoms with Crippen LogP contribution in [-0.2, 0) is 37.4 Å². The van der Waals surface area contributed by atoms with Crippen LogP contribution >= 0.6 is 15.9 Å². The number of carbonyl (C=O) groups excluding carboxylic acids is 2. The second-order valence-electron chi connectivity index (χ2n) is 28.1. The second-order valence-corrected chi connectivity index (χ2v) is 29.0. The van der Waals surface area contributed by atoms with Gasteiger partial charge in [0.25, 0.3) is 0 Å². The van der Waals surface area contributed by atoms with Crippen molar-refractivity contribution in [1.82, 2.24) is 29.7 Å². The van der Waals surface area contributed by atoms with E-state index in [1.54, 1.807) is 0 Å². The third kappa shape index (κ3) is 14.0. The molecule has 20 heteroatoms. The Kier molecular flexibility index (Phi) is 17.7. The van der Waals surface area contributed by atoms with Gasteiger partial charge in [-0.05, 0) is 214 Å². The number of H-pyrrole nitrogens is 2. The lowest BCUT2D eigenvalue weighted by atomic mass is 9.49. The maximum atomic E-state index is 12.9. The van der Waals surface area contributed by atoms with E-state index in [1.165, 1.54) is 10.8 Å². The minimum Gasteiger partial charge on any atom is -0.444 e. The third-order valence-electron chi connectivity index (χ3n) is 17.7. The van der Waals surface area contributed by atoms with E-state index >= 15 is 0 Å². The molecule has 2 N–H and O–H groups in total. The van der Waals surface area contributed by atoms with Gasteiger partial charge in [-0.2, -0.15) is 0 Å². The minimum atomic E-state index is -0.527. The Bertz CT molecular complexity index is 3270. The van der Waals surface area contributed by atoms with Crippen LogP contribution in [0.15, 0.2) is 89.7 Å². The number of imidazole rings is 2. The van der Waals surface area contributed by atoms with E-state index in [0.717, 1.165) is 93.4 Å². The van der Waals surface area contributed by atoms with Crippen molar-refractivity contribution in [3.8, 4) is 22.5 Å². The Hall–Kier alpha value is -5.21. The van der Waals surface area contributed by atoms with Crippen LogP contribution in [0.3, 0.4) is 0 Å². The van der Waals surface area contributed by atoms with Gasteiger partial charge in [0.05, 0.1) is 69.5 Å². The number of aromatic nitrogens is 4. The Balaban J connectivity index is 0.000000160. The van der Waals surface area contributed by atoms with Crippen LogP contribution in [0.2, 0.25) is 0 Å². The number of benzene rings is 4. The lowest BCUT2D eigenvalue weighted by Gasteiger charge is -2.35. The molecule has 2 amide bonds. The lowest BCUT2D eigenvalue weighted by Crippen LogP contribution is -2.42. The molecule has 2 atom stereocenters. The number of piperidine rings is 2. The third-order valence-corrected chi connectivity index (χ3v) is 18.2. The second kappa shape index (κ2) is 23.5. The first-order valence-corrected chi connectivity index (χ1v) is 30.7. The number of halogens is 1. The van der Waals surface area contributed by atoms with E-state index in [9.17, 15) is 9.59 Å². The normalized spacial score (nSPS) is 22.3. The lowest BCUT2D eigenvalue weighted by molar-refractivity contribution is 0.00578. The van der Waals surface area contributed by atoms with Crippen molar-refractivity contribution in [2.24, 2.45) is 0 Å². The van der Waals surface area contributed by atoms with Crippen LogP contribution < -0.4 is 5.46 Å². The molecule has 4 aromatic carbocycles. The van der Waals surface area contributed by atoms with Crippen molar-refractivity contribution >= 4 is 76.3 Å². The first-order chi connectivity index (χ1) is 39.0. The summed E-state index contributed by atoms with van der Waals surface area (Å²) < 4.78 is 48.7. The maximum Gasteiger partial charge on any atom is 0.494 e. The quantitative estimate of drug-likeness (QED) is 0.151. The molecular formula is C64H88B3BrN6O10. The van der Waals surface area contributed by atoms with Crippen molar-refractivity contribution < 1.29 is 47.0 Å². The van der Waals surface area contributed by atoms with Gasteiger partial charge in [-0.3, -0.25) is 9.80 Å². The van der Waals surface area contributed by atoms with Crippen LogP contribution in [-0.4, -0.2) is 121 Å². The van der Waals surface area contributed by atoms with Gasteiger partial charge in [-0.15, -0.1) is 0 Å². The highest BCUT2D eigenvalue weighted by atomic mass is 79.9. The molecule has 11 rings (SSSR count). The summed E-state index contributed by atoms with van der Waals surface area (Å²) in [5.41, 5.74) is 1.83. The summed E-state index contributed by atoms with van der Waals surface area (Å²) in [6.45, 7) is 37.2. The molecule has 5 saturated heterocycles. The molecule has 6 aromatic rings. The Morgan fingerprint density at radius 3 is 1.27 bits per heavy atom. The van der Waals surface area contributed by atoms with Gasteiger partial charge >= 0.3 is 33.3 Å². The number of likely N-dealkylation sites (tertiary alicyclic amines) is 2. The number of aromatic amines is 2. The van der Waals surface area contributed by atoms with Gasteiger partial charge in [0.1, 0.15) is 22.9 Å². The topological polar surface area (TPSA) is 172 Å². The van der Waals surface area contributed by atoms with Crippen LogP contribution in [0.5, 0.6) is 0 Å². The van der Waals surface area contributed by atoms with Crippen molar-refractivity contribution in [2.45, 2.75) is 220 Å². The van der Waals surface area contributed by atoms with Crippen LogP contribution in [0, 0.1) is 0 Å². The van der Waals surface area contributed by atoms with E-state index in [0.29, 0.717) is 13.1 Å². The number of nitrogens with one attached hydrogen (secondary N) is 2. The van der Waals surface area contributed by atoms with Crippen molar-refractivity contribution in [3.63, 3.8) is 0 Å². The Morgan fingerprint density at radius 2 is 0.869 bits per heavy atom. The molecule has 450 valence electrons. The molecule has 7 heterocycles. The summed E-state index contributed by atoms with van der Waals surface area (Å²) in [6.07, 6.45) is 9.02. The molecule has 0 aliphatic carbocycles. The van der Waals surface area contributed by atoms with Gasteiger partial charge in [-0.1, -0.05) is 64.5 Å². The zero-order chi connectivity index (χ0) is 61.2. The molecule has 0 radical (unpaired) electrons. The van der Waals surface area contributed by atoms with Gasteiger partial charge in [-0.25, -0.2) is 19.6 Å². The largest absolute Gasteiger partial charge is 0.494 e. The number of hydrogen-bond donors (Lipinski definition) is 2. The smallest absolute Gasteiger partial charge is 0.444 e. The number of ether oxygens (including phenoxy) is 2. The highest BCUT2D eigenvalue weighted by molar-refractivity contribution is 9.10. The summed E-state index contributed by atoms with van der Waals surface area (Å²) in [5, 5.41) is 4.61. The molecule has 5 fully saturated rings. The zero-order valence-corrected chi connectivity index (χ0v) is 54.5. The molecule has 0 spiro atoms. The molecule has 84 heavy (non-hydrogen) atoms. The number of carbonyl (C=O) groups is 2. The molecular weight excluding hydrogens is 1130 g/mol. The van der Waals surface area contributed by atoms with Gasteiger partial charge < -0.3 is 47.4 Å². The fraction of sp³-hybridized carbons (Fsp3) is 0.562. The summed E-state index contributed by atoms with van der Waals surface area (Å²) >= 11 is 3.52. The van der Waals surface area contributed by atoms with Gasteiger partial charge in [0.2, 0.25) is 0 Å². The monoisotopic (exact) mass is 1210 g/mol. The highest BCUT2D eigenvalue weighted by Gasteiger charge is 2.64. The number of nitrogens with zero attached hydrogens (tertiary/aromatic N) is 4. The van der Waals surface area contributed by atoms with Crippen LogP contribution in [0.4, 0.5) is 9.59 Å². The average Bonchev–Trinajstić information content (AvgIpc) is 4.44. The fourth-order valence-electron chi connectivity index (χ4n) is 10.8. The SMILES string of the molecule is CC(C)(C)OC(=O)N1CCCC[C@H]1c1ncc(-c2ccc3cc(B4OC(C)(C)C(C)(C)O4)ccc3c2)[nH]1.CC(C)(C)OC(=O)N1CCCC[C@H]1c1ncc(-c2ccc3cc(Br)ccc3c2)[nH]1.CC1(C)OB(B2OC(C)(C)C(C)(C)O2)OC1(C)C. The van der Waals surface area contributed by atoms with Crippen molar-refractivity contribution in [1.29, 1.82) is 0 Å². The molecule has 2 aromatic heterocycles. The van der Waals surface area contributed by atoms with Crippen LogP contribution in [0.25, 0.3) is 44.1 Å². The molecule has 0 bridgehead atoms. The molecule has 0 unspecified atom stereocenters. The minimum absolute atomic E-state index is 0.0799. The van der Waals surface area contributed by atoms with E-state index in [1.807, 2.05) is 125 Å².